The molecule has 0 amide bonds. The molecule has 1 saturated heterocycles. The Hall–Kier alpha value is -1.14. The lowest BCUT2D eigenvalue weighted by Gasteiger charge is -2.25. The smallest absolute Gasteiger partial charge is 0.192 e. The van der Waals surface area contributed by atoms with Gasteiger partial charge in [0, 0.05) is 19.6 Å². The SMILES string of the molecule is Nc1nonc1CN1CCOCC1. The molecule has 0 spiro atoms. The predicted octanol–water partition coefficient (Wildman–Crippen LogP) is -0.516. The summed E-state index contributed by atoms with van der Waals surface area (Å²) in [5, 5.41) is 7.23. The van der Waals surface area contributed by atoms with Crippen molar-refractivity contribution >= 4 is 5.82 Å². The Balaban J connectivity index is 1.93. The molecular weight excluding hydrogens is 172 g/mol. The van der Waals surface area contributed by atoms with Crippen LogP contribution in [0.3, 0.4) is 0 Å². The minimum atomic E-state index is 0.381. The molecule has 0 atom stereocenters. The zero-order valence-corrected chi connectivity index (χ0v) is 7.27. The summed E-state index contributed by atoms with van der Waals surface area (Å²) < 4.78 is 9.72. The number of nitrogen functional groups attached to an aromatic ring is 1. The second-order valence-corrected chi connectivity index (χ2v) is 2.98. The molecule has 2 rings (SSSR count). The summed E-state index contributed by atoms with van der Waals surface area (Å²) in [6.07, 6.45) is 0. The molecular formula is C7H12N4O2. The van der Waals surface area contributed by atoms with Crippen molar-refractivity contribution in [3.05, 3.63) is 5.69 Å². The number of anilines is 1. The van der Waals surface area contributed by atoms with E-state index < -0.39 is 0 Å². The lowest BCUT2D eigenvalue weighted by molar-refractivity contribution is 0.0333. The highest BCUT2D eigenvalue weighted by atomic mass is 16.6. The van der Waals surface area contributed by atoms with E-state index in [1.54, 1.807) is 0 Å². The van der Waals surface area contributed by atoms with Crippen LogP contribution in [-0.2, 0) is 11.3 Å². The highest BCUT2D eigenvalue weighted by Crippen LogP contribution is 2.09. The Bertz CT molecular complexity index is 269. The van der Waals surface area contributed by atoms with Gasteiger partial charge < -0.3 is 10.5 Å². The molecule has 6 nitrogen and oxygen atoms in total. The molecule has 0 saturated carbocycles. The Kier molecular flexibility index (Phi) is 2.42. The van der Waals surface area contributed by atoms with E-state index in [2.05, 4.69) is 19.8 Å². The summed E-state index contributed by atoms with van der Waals surface area (Å²) in [7, 11) is 0. The first kappa shape index (κ1) is 8.46. The summed E-state index contributed by atoms with van der Waals surface area (Å²) in [6.45, 7) is 4.05. The van der Waals surface area contributed by atoms with Gasteiger partial charge in [0.1, 0.15) is 5.69 Å². The zero-order chi connectivity index (χ0) is 9.10. The lowest BCUT2D eigenvalue weighted by atomic mass is 10.3. The summed E-state index contributed by atoms with van der Waals surface area (Å²) >= 11 is 0. The van der Waals surface area contributed by atoms with Crippen molar-refractivity contribution in [2.45, 2.75) is 6.54 Å². The quantitative estimate of drug-likeness (QED) is 0.666. The number of morpholine rings is 1. The van der Waals surface area contributed by atoms with Crippen LogP contribution >= 0.6 is 0 Å². The molecule has 72 valence electrons. The second kappa shape index (κ2) is 3.71. The molecule has 2 heterocycles. The van der Waals surface area contributed by atoms with Crippen molar-refractivity contribution in [3.63, 3.8) is 0 Å². The fourth-order valence-corrected chi connectivity index (χ4v) is 1.29. The third kappa shape index (κ3) is 1.96. The molecule has 1 aliphatic heterocycles. The summed E-state index contributed by atoms with van der Waals surface area (Å²) in [5.41, 5.74) is 6.24. The first-order valence-corrected chi connectivity index (χ1v) is 4.23. The number of hydrogen-bond acceptors (Lipinski definition) is 6. The van der Waals surface area contributed by atoms with Crippen molar-refractivity contribution in [3.8, 4) is 0 Å². The standard InChI is InChI=1S/C7H12N4O2/c8-7-6(9-13-10-7)5-11-1-3-12-4-2-11/h1-5H2,(H2,8,10). The average Bonchev–Trinajstić information content (AvgIpc) is 2.54. The second-order valence-electron chi connectivity index (χ2n) is 2.98. The van der Waals surface area contributed by atoms with E-state index in [0.717, 1.165) is 26.3 Å². The van der Waals surface area contributed by atoms with E-state index in [1.807, 2.05) is 0 Å². The molecule has 0 aliphatic carbocycles. The Labute approximate surface area is 75.6 Å². The number of nitrogens with two attached hydrogens (primary N) is 1. The fraction of sp³-hybridized carbons (Fsp3) is 0.714. The third-order valence-corrected chi connectivity index (χ3v) is 2.06. The topological polar surface area (TPSA) is 77.4 Å². The van der Waals surface area contributed by atoms with E-state index >= 15 is 0 Å². The minimum absolute atomic E-state index is 0.381. The van der Waals surface area contributed by atoms with Crippen LogP contribution in [0.25, 0.3) is 0 Å². The molecule has 1 aromatic rings. The normalized spacial score (nSPS) is 19.1. The van der Waals surface area contributed by atoms with E-state index in [4.69, 9.17) is 10.5 Å². The van der Waals surface area contributed by atoms with Gasteiger partial charge in [0.05, 0.1) is 13.2 Å². The van der Waals surface area contributed by atoms with Crippen molar-refractivity contribution < 1.29 is 9.37 Å². The molecule has 6 heteroatoms. The first-order valence-electron chi connectivity index (χ1n) is 4.23. The van der Waals surface area contributed by atoms with Gasteiger partial charge in [0.2, 0.25) is 0 Å². The van der Waals surface area contributed by atoms with Crippen LogP contribution in [0.2, 0.25) is 0 Å². The Morgan fingerprint density at radius 1 is 1.31 bits per heavy atom. The maximum atomic E-state index is 5.53. The van der Waals surface area contributed by atoms with E-state index in [-0.39, 0.29) is 0 Å². The minimum Gasteiger partial charge on any atom is -0.379 e. The number of ether oxygens (including phenoxy) is 1. The zero-order valence-electron chi connectivity index (χ0n) is 7.27. The maximum Gasteiger partial charge on any atom is 0.192 e. The van der Waals surface area contributed by atoms with Crippen LogP contribution in [0.15, 0.2) is 4.63 Å². The fourth-order valence-electron chi connectivity index (χ4n) is 1.29. The maximum absolute atomic E-state index is 5.53. The van der Waals surface area contributed by atoms with Crippen molar-refractivity contribution in [1.29, 1.82) is 0 Å². The van der Waals surface area contributed by atoms with E-state index in [9.17, 15) is 0 Å². The van der Waals surface area contributed by atoms with Gasteiger partial charge in [-0.25, -0.2) is 4.63 Å². The summed E-state index contributed by atoms with van der Waals surface area (Å²) in [5.74, 6) is 0.381. The predicted molar refractivity (Wildman–Crippen MR) is 44.8 cm³/mol. The van der Waals surface area contributed by atoms with Gasteiger partial charge in [0.25, 0.3) is 0 Å². The molecule has 13 heavy (non-hydrogen) atoms. The van der Waals surface area contributed by atoms with Crippen LogP contribution in [-0.4, -0.2) is 41.5 Å². The Morgan fingerprint density at radius 2 is 2.08 bits per heavy atom. The van der Waals surface area contributed by atoms with E-state index in [0.29, 0.717) is 18.1 Å². The van der Waals surface area contributed by atoms with E-state index in [1.165, 1.54) is 0 Å². The van der Waals surface area contributed by atoms with Crippen LogP contribution in [0.5, 0.6) is 0 Å². The van der Waals surface area contributed by atoms with Gasteiger partial charge in [-0.15, -0.1) is 0 Å². The Morgan fingerprint density at radius 3 is 2.69 bits per heavy atom. The lowest BCUT2D eigenvalue weighted by Crippen LogP contribution is -2.35. The highest BCUT2D eigenvalue weighted by Gasteiger charge is 2.14. The number of hydrogen-bond donors (Lipinski definition) is 1. The monoisotopic (exact) mass is 184 g/mol. The molecule has 2 N–H and O–H groups in total. The average molecular weight is 184 g/mol. The first-order chi connectivity index (χ1) is 6.36. The number of nitrogens with zero attached hydrogens (tertiary/aromatic N) is 3. The van der Waals surface area contributed by atoms with Gasteiger partial charge in [-0.1, -0.05) is 5.16 Å². The third-order valence-electron chi connectivity index (χ3n) is 2.06. The van der Waals surface area contributed by atoms with Crippen LogP contribution < -0.4 is 5.73 Å². The molecule has 0 unspecified atom stereocenters. The number of rotatable bonds is 2. The molecule has 0 bridgehead atoms. The number of aromatic nitrogens is 2. The largest absolute Gasteiger partial charge is 0.379 e. The molecule has 1 aliphatic rings. The van der Waals surface area contributed by atoms with Crippen molar-refractivity contribution in [1.82, 2.24) is 15.2 Å². The van der Waals surface area contributed by atoms with Gasteiger partial charge in [-0.3, -0.25) is 4.90 Å². The summed E-state index contributed by atoms with van der Waals surface area (Å²) in [6, 6.07) is 0. The van der Waals surface area contributed by atoms with Crippen molar-refractivity contribution in [2.24, 2.45) is 0 Å². The van der Waals surface area contributed by atoms with Gasteiger partial charge in [-0.2, -0.15) is 0 Å². The van der Waals surface area contributed by atoms with Gasteiger partial charge in [-0.05, 0) is 5.16 Å². The van der Waals surface area contributed by atoms with Gasteiger partial charge >= 0.3 is 0 Å². The van der Waals surface area contributed by atoms with Crippen LogP contribution in [0.1, 0.15) is 5.69 Å². The molecule has 0 aromatic carbocycles. The van der Waals surface area contributed by atoms with Crippen LogP contribution in [0.4, 0.5) is 5.82 Å². The highest BCUT2D eigenvalue weighted by molar-refractivity contribution is 5.30. The van der Waals surface area contributed by atoms with Gasteiger partial charge in [0.15, 0.2) is 5.82 Å². The van der Waals surface area contributed by atoms with Crippen molar-refractivity contribution in [2.75, 3.05) is 32.0 Å². The molecule has 1 fully saturated rings. The van der Waals surface area contributed by atoms with Crippen LogP contribution in [0, 0.1) is 0 Å². The molecule has 1 aromatic heterocycles. The summed E-state index contributed by atoms with van der Waals surface area (Å²) in [4.78, 5) is 2.21. The molecule has 0 radical (unpaired) electrons.